The molecule has 0 amide bonds. The van der Waals surface area contributed by atoms with E-state index in [4.69, 9.17) is 15.0 Å². The van der Waals surface area contributed by atoms with Crippen LogP contribution in [0, 0.1) is 0 Å². The molecule has 0 atom stereocenters. The van der Waals surface area contributed by atoms with Gasteiger partial charge in [0.15, 0.2) is 17.5 Å². The molecule has 5 heteroatoms. The molecule has 0 aliphatic rings. The molecule has 0 saturated carbocycles. The van der Waals surface area contributed by atoms with Gasteiger partial charge in [-0.25, -0.2) is 15.0 Å². The van der Waals surface area contributed by atoms with Crippen LogP contribution >= 0.6 is 11.3 Å². The lowest BCUT2D eigenvalue weighted by atomic mass is 9.93. The maximum absolute atomic E-state index is 5.34. The minimum atomic E-state index is 0.620. The van der Waals surface area contributed by atoms with E-state index in [9.17, 15) is 0 Å². The third-order valence-electron chi connectivity index (χ3n) is 12.4. The second-order valence-corrected chi connectivity index (χ2v) is 17.0. The number of fused-ring (bicyclic) bond motifs is 10. The van der Waals surface area contributed by atoms with Crippen molar-refractivity contribution in [3.05, 3.63) is 206 Å². The number of nitrogens with zero attached hydrogens (tertiary/aromatic N) is 4. The van der Waals surface area contributed by atoms with Crippen LogP contribution in [0.4, 0.5) is 0 Å². The molecule has 0 aliphatic carbocycles. The largest absolute Gasteiger partial charge is 0.309 e. The van der Waals surface area contributed by atoms with Crippen molar-refractivity contribution in [2.24, 2.45) is 0 Å². The van der Waals surface area contributed by atoms with Gasteiger partial charge in [-0.15, -0.1) is 11.3 Å². The molecule has 62 heavy (non-hydrogen) atoms. The van der Waals surface area contributed by atoms with Crippen molar-refractivity contribution in [3.8, 4) is 51.0 Å². The Morgan fingerprint density at radius 2 is 0.968 bits per heavy atom. The molecule has 0 aliphatic heterocycles. The predicted molar refractivity (Wildman–Crippen MR) is 261 cm³/mol. The third kappa shape index (κ3) is 5.42. The topological polar surface area (TPSA) is 43.6 Å². The van der Waals surface area contributed by atoms with Gasteiger partial charge in [-0.1, -0.05) is 158 Å². The number of thiophene rings is 1. The Labute approximate surface area is 360 Å². The molecule has 0 spiro atoms. The van der Waals surface area contributed by atoms with Crippen molar-refractivity contribution in [1.82, 2.24) is 19.5 Å². The fraction of sp³-hybridized carbons (Fsp3) is 0. The van der Waals surface area contributed by atoms with Crippen LogP contribution in [0.2, 0.25) is 0 Å². The highest BCUT2D eigenvalue weighted by Crippen LogP contribution is 2.47. The molecule has 13 aromatic rings. The second kappa shape index (κ2) is 13.8. The summed E-state index contributed by atoms with van der Waals surface area (Å²) in [4.78, 5) is 15.8. The summed E-state index contributed by atoms with van der Waals surface area (Å²) in [7, 11) is 0. The maximum Gasteiger partial charge on any atom is 0.164 e. The first-order valence-corrected chi connectivity index (χ1v) is 21.7. The van der Waals surface area contributed by atoms with E-state index in [2.05, 4.69) is 193 Å². The fourth-order valence-electron chi connectivity index (χ4n) is 9.54. The van der Waals surface area contributed by atoms with Crippen molar-refractivity contribution in [3.63, 3.8) is 0 Å². The molecule has 10 aromatic carbocycles. The van der Waals surface area contributed by atoms with E-state index in [1.165, 1.54) is 58.1 Å². The summed E-state index contributed by atoms with van der Waals surface area (Å²) >= 11 is 1.87. The molecule has 13 rings (SSSR count). The Kier molecular flexibility index (Phi) is 7.74. The highest BCUT2D eigenvalue weighted by Gasteiger charge is 2.23. The molecule has 0 saturated heterocycles. The summed E-state index contributed by atoms with van der Waals surface area (Å²) in [5, 5.41) is 12.1. The van der Waals surface area contributed by atoms with Crippen LogP contribution in [0.15, 0.2) is 206 Å². The third-order valence-corrected chi connectivity index (χ3v) is 13.6. The lowest BCUT2D eigenvalue weighted by molar-refractivity contribution is 1.07. The molecule has 4 nitrogen and oxygen atoms in total. The van der Waals surface area contributed by atoms with Crippen LogP contribution in [-0.2, 0) is 0 Å². The summed E-state index contributed by atoms with van der Waals surface area (Å²) in [5.74, 6) is 1.90. The van der Waals surface area contributed by atoms with Gasteiger partial charge in [-0.3, -0.25) is 0 Å². The monoisotopic (exact) mass is 806 g/mol. The van der Waals surface area contributed by atoms with Crippen LogP contribution in [0.1, 0.15) is 0 Å². The van der Waals surface area contributed by atoms with Crippen molar-refractivity contribution in [1.29, 1.82) is 0 Å². The quantitative estimate of drug-likeness (QED) is 0.174. The smallest absolute Gasteiger partial charge is 0.164 e. The van der Waals surface area contributed by atoms with Gasteiger partial charge >= 0.3 is 0 Å². The highest BCUT2D eigenvalue weighted by atomic mass is 32.1. The molecular weight excluding hydrogens is 773 g/mol. The van der Waals surface area contributed by atoms with Crippen molar-refractivity contribution >= 4 is 85.6 Å². The molecule has 288 valence electrons. The summed E-state index contributed by atoms with van der Waals surface area (Å²) in [6.45, 7) is 0. The van der Waals surface area contributed by atoms with E-state index in [0.717, 1.165) is 49.7 Å². The Morgan fingerprint density at radius 3 is 1.81 bits per heavy atom. The number of hydrogen-bond donors (Lipinski definition) is 0. The van der Waals surface area contributed by atoms with Crippen LogP contribution in [0.3, 0.4) is 0 Å². The highest BCUT2D eigenvalue weighted by molar-refractivity contribution is 7.26. The summed E-state index contributed by atoms with van der Waals surface area (Å²) in [6.07, 6.45) is 0. The van der Waals surface area contributed by atoms with E-state index in [-0.39, 0.29) is 0 Å². The number of para-hydroxylation sites is 1. The van der Waals surface area contributed by atoms with Gasteiger partial charge in [0.25, 0.3) is 0 Å². The average molecular weight is 807 g/mol. The van der Waals surface area contributed by atoms with Crippen LogP contribution in [0.5, 0.6) is 0 Å². The minimum Gasteiger partial charge on any atom is -0.309 e. The van der Waals surface area contributed by atoms with Gasteiger partial charge in [-0.2, -0.15) is 0 Å². The fourth-order valence-corrected chi connectivity index (χ4v) is 10.8. The van der Waals surface area contributed by atoms with E-state index < -0.39 is 0 Å². The van der Waals surface area contributed by atoms with Gasteiger partial charge in [0, 0.05) is 53.2 Å². The zero-order chi connectivity index (χ0) is 40.7. The molecular formula is C57H34N4S. The van der Waals surface area contributed by atoms with E-state index in [1.807, 2.05) is 29.5 Å². The second-order valence-electron chi connectivity index (χ2n) is 15.9. The minimum absolute atomic E-state index is 0.620. The van der Waals surface area contributed by atoms with E-state index in [1.54, 1.807) is 0 Å². The van der Waals surface area contributed by atoms with E-state index in [0.29, 0.717) is 17.5 Å². The van der Waals surface area contributed by atoms with Crippen molar-refractivity contribution in [2.75, 3.05) is 0 Å². The first kappa shape index (κ1) is 34.8. The maximum atomic E-state index is 5.34. The number of rotatable bonds is 5. The molecule has 3 aromatic heterocycles. The number of benzene rings is 10. The molecule has 0 N–H and O–H groups in total. The summed E-state index contributed by atoms with van der Waals surface area (Å²) in [6, 6.07) is 74.0. The SMILES string of the molecule is c1ccc(-c2nc(-c3ccc(-n4c5ccccc5c5cc6ccccc6cc54)c(-c4cc5ccccc5c5sc6ccccc6c45)c3)nc(-c3cccc4ccccc34)n2)cc1. The van der Waals surface area contributed by atoms with Crippen molar-refractivity contribution in [2.45, 2.75) is 0 Å². The predicted octanol–water partition coefficient (Wildman–Crippen LogP) is 15.5. The molecule has 0 radical (unpaired) electrons. The number of aromatic nitrogens is 4. The zero-order valence-corrected chi connectivity index (χ0v) is 34.1. The molecule has 0 unspecified atom stereocenters. The Hall–Kier alpha value is -7.99. The van der Waals surface area contributed by atoms with Crippen LogP contribution in [0.25, 0.3) is 125 Å². The lowest BCUT2D eigenvalue weighted by Crippen LogP contribution is -2.02. The van der Waals surface area contributed by atoms with Crippen molar-refractivity contribution < 1.29 is 0 Å². The van der Waals surface area contributed by atoms with Crippen LogP contribution < -0.4 is 0 Å². The molecule has 3 heterocycles. The first-order valence-electron chi connectivity index (χ1n) is 20.9. The Balaban J connectivity index is 1.15. The first-order chi connectivity index (χ1) is 30.7. The lowest BCUT2D eigenvalue weighted by Gasteiger charge is -2.18. The van der Waals surface area contributed by atoms with Crippen LogP contribution in [-0.4, -0.2) is 19.5 Å². The molecule has 0 fully saturated rings. The summed E-state index contributed by atoms with van der Waals surface area (Å²) in [5.41, 5.74) is 8.51. The normalized spacial score (nSPS) is 11.9. The average Bonchev–Trinajstić information content (AvgIpc) is 3.89. The zero-order valence-electron chi connectivity index (χ0n) is 33.3. The van der Waals surface area contributed by atoms with E-state index >= 15 is 0 Å². The van der Waals surface area contributed by atoms with Gasteiger partial charge in [0.1, 0.15) is 0 Å². The Morgan fingerprint density at radius 1 is 0.339 bits per heavy atom. The standard InChI is InChI=1S/C57H34N4S/c1-2-16-36(17-3-1)55-58-56(60-57(59-55)44-26-14-21-35-15-6-8-22-41(35)44)40-29-30-50(61-49-27-12-10-24-43(49)46-31-37-18-4-5-19-38(37)34-51(46)61)47(33-40)48-32-39-20-7-9-23-42(39)54-53(48)45-25-11-13-28-52(45)62-54/h1-34H. The number of hydrogen-bond acceptors (Lipinski definition) is 4. The van der Waals surface area contributed by atoms with Gasteiger partial charge in [-0.05, 0) is 86.4 Å². The Bertz CT molecular complexity index is 3930. The van der Waals surface area contributed by atoms with Gasteiger partial charge in [0.05, 0.1) is 16.7 Å². The van der Waals surface area contributed by atoms with Gasteiger partial charge in [0.2, 0.25) is 0 Å². The summed E-state index contributed by atoms with van der Waals surface area (Å²) < 4.78 is 5.02. The molecule has 0 bridgehead atoms. The van der Waals surface area contributed by atoms with Gasteiger partial charge < -0.3 is 4.57 Å².